The van der Waals surface area contributed by atoms with Gasteiger partial charge >= 0.3 is 86.9 Å². The monoisotopic (exact) mass is 374 g/mol. The Hall–Kier alpha value is 0.497. The molecular formula is C4H6O5Sn2. The Kier molecular flexibility index (Phi) is 7.49. The Morgan fingerprint density at radius 1 is 1.00 bits per heavy atom. The zero-order valence-electron chi connectivity index (χ0n) is 6.04. The third kappa shape index (κ3) is 10.5. The molecule has 0 atom stereocenters. The van der Waals surface area contributed by atoms with Crippen molar-refractivity contribution < 1.29 is 17.1 Å². The standard InChI is InChI=1S/2C2H4O2.O.2Sn/c2*1-2(3)4;;;/h2*1H3,(H,3,4);;;/q;;;2*+1/p-2. The van der Waals surface area contributed by atoms with Crippen LogP contribution in [0.1, 0.15) is 13.8 Å². The van der Waals surface area contributed by atoms with Gasteiger partial charge in [0.05, 0.1) is 0 Å². The summed E-state index contributed by atoms with van der Waals surface area (Å²) >= 11 is -2.96. The number of hydrogen-bond acceptors (Lipinski definition) is 5. The van der Waals surface area contributed by atoms with E-state index >= 15 is 0 Å². The van der Waals surface area contributed by atoms with Crippen LogP contribution in [0.2, 0.25) is 0 Å². The van der Waals surface area contributed by atoms with E-state index in [4.69, 9.17) is 1.41 Å². The molecule has 0 saturated carbocycles. The van der Waals surface area contributed by atoms with Gasteiger partial charge in [-0.15, -0.1) is 0 Å². The molecule has 7 heteroatoms. The van der Waals surface area contributed by atoms with Gasteiger partial charge in [0.15, 0.2) is 0 Å². The van der Waals surface area contributed by atoms with Gasteiger partial charge in [0.1, 0.15) is 0 Å². The van der Waals surface area contributed by atoms with E-state index in [0.29, 0.717) is 0 Å². The summed E-state index contributed by atoms with van der Waals surface area (Å²) in [5, 5.41) is 0. The first-order chi connectivity index (χ1) is 5.13. The summed E-state index contributed by atoms with van der Waals surface area (Å²) in [6, 6.07) is 0. The van der Waals surface area contributed by atoms with E-state index in [2.05, 4.69) is 6.15 Å². The predicted octanol–water partition coefficient (Wildman–Crippen LogP) is -0.802. The fourth-order valence-electron chi connectivity index (χ4n) is 0.176. The van der Waals surface area contributed by atoms with E-state index in [-0.39, 0.29) is 11.9 Å². The number of carbonyl (C=O) groups is 2. The molecule has 0 heterocycles. The van der Waals surface area contributed by atoms with Gasteiger partial charge in [0, 0.05) is 0 Å². The van der Waals surface area contributed by atoms with Crippen LogP contribution in [-0.2, 0) is 17.1 Å². The second kappa shape index (κ2) is 7.16. The molecule has 0 aliphatic heterocycles. The van der Waals surface area contributed by atoms with E-state index in [9.17, 15) is 9.59 Å². The number of carbonyl (C=O) groups excluding carboxylic acids is 2. The van der Waals surface area contributed by atoms with Gasteiger partial charge in [-0.25, -0.2) is 0 Å². The molecule has 0 aromatic rings. The van der Waals surface area contributed by atoms with Crippen molar-refractivity contribution in [1.29, 1.82) is 0 Å². The van der Waals surface area contributed by atoms with Crippen molar-refractivity contribution in [3.8, 4) is 0 Å². The van der Waals surface area contributed by atoms with Gasteiger partial charge < -0.3 is 0 Å². The van der Waals surface area contributed by atoms with Gasteiger partial charge in [-0.2, -0.15) is 0 Å². The topological polar surface area (TPSA) is 61.8 Å². The third-order valence-corrected chi connectivity index (χ3v) is 6.24. The van der Waals surface area contributed by atoms with Crippen LogP contribution in [0.25, 0.3) is 0 Å². The summed E-state index contributed by atoms with van der Waals surface area (Å²) in [7, 11) is 0. The molecule has 0 aliphatic rings. The van der Waals surface area contributed by atoms with Crippen LogP contribution < -0.4 is 0 Å². The van der Waals surface area contributed by atoms with Crippen LogP contribution >= 0.6 is 0 Å². The normalized spacial score (nSPS) is 8.91. The quantitative estimate of drug-likeness (QED) is 0.478. The van der Waals surface area contributed by atoms with Gasteiger partial charge in [0.25, 0.3) is 0 Å². The van der Waals surface area contributed by atoms with Gasteiger partial charge in [-0.1, -0.05) is 0 Å². The zero-order chi connectivity index (χ0) is 8.69. The van der Waals surface area contributed by atoms with Crippen molar-refractivity contribution in [3.63, 3.8) is 0 Å². The Labute approximate surface area is 86.4 Å². The summed E-state index contributed by atoms with van der Waals surface area (Å²) in [6.07, 6.45) is 0. The second-order valence-corrected chi connectivity index (χ2v) is 8.06. The molecule has 0 aliphatic carbocycles. The fourth-order valence-corrected chi connectivity index (χ4v) is 3.43. The molecule has 0 saturated heterocycles. The fraction of sp³-hybridized carbons (Fsp3) is 0.500. The van der Waals surface area contributed by atoms with E-state index in [1.165, 1.54) is 13.8 Å². The first kappa shape index (κ1) is 11.5. The molecule has 0 N–H and O–H groups in total. The molecule has 0 fully saturated rings. The van der Waals surface area contributed by atoms with Crippen LogP contribution in [0, 0.1) is 0 Å². The summed E-state index contributed by atoms with van der Waals surface area (Å²) in [5.74, 6) is -0.669. The first-order valence-corrected chi connectivity index (χ1v) is 7.29. The van der Waals surface area contributed by atoms with Crippen LogP contribution in [-0.4, -0.2) is 55.9 Å². The molecule has 0 amide bonds. The molecule has 0 rings (SSSR count). The Balaban J connectivity index is 3.03. The van der Waals surface area contributed by atoms with Crippen molar-refractivity contribution in [2.45, 2.75) is 13.8 Å². The van der Waals surface area contributed by atoms with E-state index in [1.807, 2.05) is 0 Å². The molecule has 0 unspecified atom stereocenters. The van der Waals surface area contributed by atoms with E-state index in [1.54, 1.807) is 0 Å². The Morgan fingerprint density at radius 3 is 1.64 bits per heavy atom. The Bertz CT molecular complexity index is 131. The number of rotatable bonds is 4. The SMILES string of the molecule is CC(=O)[O][Sn][O][Sn][O]C(C)=O. The number of hydrogen-bond donors (Lipinski definition) is 0. The summed E-state index contributed by atoms with van der Waals surface area (Å²) in [4.78, 5) is 20.4. The molecule has 0 bridgehead atoms. The van der Waals surface area contributed by atoms with Crippen molar-refractivity contribution in [1.82, 2.24) is 0 Å². The van der Waals surface area contributed by atoms with Crippen molar-refractivity contribution in [2.75, 3.05) is 0 Å². The van der Waals surface area contributed by atoms with Crippen molar-refractivity contribution in [2.24, 2.45) is 0 Å². The maximum atomic E-state index is 10.2. The molecule has 60 valence electrons. The minimum atomic E-state index is -1.48. The molecule has 0 aromatic carbocycles. The van der Waals surface area contributed by atoms with Gasteiger partial charge in [0.2, 0.25) is 0 Å². The van der Waals surface area contributed by atoms with Crippen LogP contribution in [0.5, 0.6) is 0 Å². The Morgan fingerprint density at radius 2 is 1.36 bits per heavy atom. The minimum absolute atomic E-state index is 0.334. The van der Waals surface area contributed by atoms with E-state index in [0.717, 1.165) is 0 Å². The van der Waals surface area contributed by atoms with Crippen molar-refractivity contribution >= 4 is 55.9 Å². The predicted molar refractivity (Wildman–Crippen MR) is 36.1 cm³/mol. The van der Waals surface area contributed by atoms with Gasteiger partial charge in [-0.3, -0.25) is 0 Å². The molecule has 0 spiro atoms. The molecular weight excluding hydrogens is 365 g/mol. The summed E-state index contributed by atoms with van der Waals surface area (Å²) in [5.41, 5.74) is 0. The van der Waals surface area contributed by atoms with Crippen LogP contribution in [0.3, 0.4) is 0 Å². The first-order valence-electron chi connectivity index (χ1n) is 2.63. The molecule has 5 nitrogen and oxygen atoms in total. The molecule has 4 radical (unpaired) electrons. The molecule has 11 heavy (non-hydrogen) atoms. The zero-order valence-corrected chi connectivity index (χ0v) is 11.7. The van der Waals surface area contributed by atoms with Crippen LogP contribution in [0.4, 0.5) is 0 Å². The van der Waals surface area contributed by atoms with Crippen molar-refractivity contribution in [3.05, 3.63) is 0 Å². The average molecular weight is 372 g/mol. The third-order valence-electron chi connectivity index (χ3n) is 0.454. The maximum absolute atomic E-state index is 10.2. The molecule has 0 aromatic heterocycles. The average Bonchev–Trinajstić information content (AvgIpc) is 1.85. The summed E-state index contributed by atoms with van der Waals surface area (Å²) < 4.78 is 14.1. The summed E-state index contributed by atoms with van der Waals surface area (Å²) in [6.45, 7) is 2.64. The van der Waals surface area contributed by atoms with Crippen LogP contribution in [0.15, 0.2) is 0 Å². The van der Waals surface area contributed by atoms with Gasteiger partial charge in [-0.05, 0) is 0 Å². The van der Waals surface area contributed by atoms with E-state index < -0.39 is 43.9 Å². The second-order valence-electron chi connectivity index (χ2n) is 1.46.